The van der Waals surface area contributed by atoms with Gasteiger partial charge in [0.25, 0.3) is 0 Å². The summed E-state index contributed by atoms with van der Waals surface area (Å²) in [6.45, 7) is 0. The third-order valence-corrected chi connectivity index (χ3v) is 2.75. The number of hydrogen-bond acceptors (Lipinski definition) is 3. The van der Waals surface area contributed by atoms with Gasteiger partial charge in [-0.15, -0.1) is 0 Å². The smallest absolute Gasteiger partial charge is 0.345 e. The van der Waals surface area contributed by atoms with Crippen molar-refractivity contribution < 1.29 is 13.2 Å². The normalized spacial score (nSPS) is 11.1. The maximum atomic E-state index is 12.9. The number of nitrogens with one attached hydrogen (secondary N) is 1. The van der Waals surface area contributed by atoms with Gasteiger partial charge in [-0.2, -0.15) is 18.4 Å². The molecule has 96 valence electrons. The fourth-order valence-electron chi connectivity index (χ4n) is 1.58. The Hall–Kier alpha value is -2.20. The van der Waals surface area contributed by atoms with Crippen LogP contribution in [0.15, 0.2) is 30.6 Å². The molecule has 0 atom stereocenters. The van der Waals surface area contributed by atoms with E-state index in [-0.39, 0.29) is 10.3 Å². The first-order valence-corrected chi connectivity index (χ1v) is 5.49. The summed E-state index contributed by atoms with van der Waals surface area (Å²) in [6.07, 6.45) is -1.72. The van der Waals surface area contributed by atoms with Crippen LogP contribution in [-0.4, -0.2) is 9.97 Å². The van der Waals surface area contributed by atoms with E-state index in [1.165, 1.54) is 18.5 Å². The highest BCUT2D eigenvalue weighted by Crippen LogP contribution is 2.34. The molecule has 2 heterocycles. The molecule has 0 bridgehead atoms. The van der Waals surface area contributed by atoms with E-state index in [0.717, 1.165) is 6.07 Å². The molecule has 0 unspecified atom stereocenters. The molecule has 0 amide bonds. The Morgan fingerprint density at radius 1 is 1.26 bits per heavy atom. The predicted octanol–water partition coefficient (Wildman–Crippen LogP) is 3.70. The Labute approximate surface area is 111 Å². The lowest BCUT2D eigenvalue weighted by molar-refractivity contribution is -0.137. The summed E-state index contributed by atoms with van der Waals surface area (Å²) in [7, 11) is 0. The number of halogens is 3. The van der Waals surface area contributed by atoms with Gasteiger partial charge >= 0.3 is 6.18 Å². The third kappa shape index (κ3) is 2.63. The zero-order valence-corrected chi connectivity index (χ0v) is 10.1. The van der Waals surface area contributed by atoms with Crippen molar-refractivity contribution in [1.82, 2.24) is 9.97 Å². The van der Waals surface area contributed by atoms with Crippen molar-refractivity contribution in [2.24, 2.45) is 0 Å². The van der Waals surface area contributed by atoms with Crippen molar-refractivity contribution in [3.05, 3.63) is 46.4 Å². The molecule has 0 radical (unpaired) electrons. The number of rotatable bonds is 1. The van der Waals surface area contributed by atoms with Crippen LogP contribution >= 0.6 is 12.2 Å². The predicted molar refractivity (Wildman–Crippen MR) is 64.6 cm³/mol. The lowest BCUT2D eigenvalue weighted by Gasteiger charge is -2.11. The van der Waals surface area contributed by atoms with E-state index in [4.69, 9.17) is 17.5 Å². The van der Waals surface area contributed by atoms with Gasteiger partial charge in [-0.3, -0.25) is 4.98 Å². The van der Waals surface area contributed by atoms with Crippen molar-refractivity contribution in [1.29, 1.82) is 5.26 Å². The van der Waals surface area contributed by atoms with Crippen molar-refractivity contribution in [3.8, 4) is 17.3 Å². The number of hydrogen-bond donors (Lipinski definition) is 1. The molecule has 2 aromatic rings. The summed E-state index contributed by atoms with van der Waals surface area (Å²) >= 11 is 4.80. The summed E-state index contributed by atoms with van der Waals surface area (Å²) in [4.78, 5) is 6.40. The van der Waals surface area contributed by atoms with Gasteiger partial charge < -0.3 is 4.98 Å². The van der Waals surface area contributed by atoms with Gasteiger partial charge in [0.05, 0.1) is 11.1 Å². The molecular formula is C12H6F3N3S. The number of nitrogens with zero attached hydrogens (tertiary/aromatic N) is 2. The Balaban J connectivity index is 2.72. The summed E-state index contributed by atoms with van der Waals surface area (Å²) in [6, 6.07) is 5.46. The van der Waals surface area contributed by atoms with Gasteiger partial charge in [0.15, 0.2) is 0 Å². The summed E-state index contributed by atoms with van der Waals surface area (Å²) in [5.74, 6) is 0. The average molecular weight is 281 g/mol. The molecule has 0 aliphatic heterocycles. The van der Waals surface area contributed by atoms with Gasteiger partial charge in [0, 0.05) is 23.7 Å². The van der Waals surface area contributed by atoms with Crippen LogP contribution in [-0.2, 0) is 6.18 Å². The molecule has 2 aromatic heterocycles. The second-order valence-electron chi connectivity index (χ2n) is 3.65. The zero-order chi connectivity index (χ0) is 14.0. The molecule has 0 fully saturated rings. The minimum Gasteiger partial charge on any atom is -0.345 e. The van der Waals surface area contributed by atoms with E-state index in [2.05, 4.69) is 9.97 Å². The largest absolute Gasteiger partial charge is 0.417 e. The minimum absolute atomic E-state index is 0.193. The van der Waals surface area contributed by atoms with E-state index in [9.17, 15) is 13.2 Å². The van der Waals surface area contributed by atoms with Crippen LogP contribution in [0, 0.1) is 16.0 Å². The molecular weight excluding hydrogens is 275 g/mol. The number of H-pyrrole nitrogens is 1. The fraction of sp³-hybridized carbons (Fsp3) is 0.0833. The number of aromatic amines is 1. The van der Waals surface area contributed by atoms with Crippen LogP contribution in [0.2, 0.25) is 0 Å². The van der Waals surface area contributed by atoms with Crippen molar-refractivity contribution in [2.75, 3.05) is 0 Å². The Morgan fingerprint density at radius 2 is 1.89 bits per heavy atom. The zero-order valence-electron chi connectivity index (χ0n) is 9.32. The van der Waals surface area contributed by atoms with E-state index in [1.807, 2.05) is 0 Å². The van der Waals surface area contributed by atoms with E-state index in [0.29, 0.717) is 5.56 Å². The molecule has 0 saturated carbocycles. The van der Waals surface area contributed by atoms with Crippen molar-refractivity contribution >= 4 is 12.2 Å². The van der Waals surface area contributed by atoms with Gasteiger partial charge in [-0.1, -0.05) is 12.2 Å². The Bertz CT molecular complexity index is 699. The Kier molecular flexibility index (Phi) is 3.36. The lowest BCUT2D eigenvalue weighted by Crippen LogP contribution is -2.09. The highest BCUT2D eigenvalue weighted by molar-refractivity contribution is 7.71. The molecule has 2 rings (SSSR count). The number of alkyl halides is 3. The van der Waals surface area contributed by atoms with Gasteiger partial charge in [-0.05, 0) is 18.2 Å². The highest BCUT2D eigenvalue weighted by atomic mass is 32.1. The average Bonchev–Trinajstić information content (AvgIpc) is 2.37. The first kappa shape index (κ1) is 13.2. The van der Waals surface area contributed by atoms with Crippen molar-refractivity contribution in [2.45, 2.75) is 6.18 Å². The van der Waals surface area contributed by atoms with Gasteiger partial charge in [-0.25, -0.2) is 0 Å². The molecule has 1 N–H and O–H groups in total. The molecule has 0 aromatic carbocycles. The molecule has 19 heavy (non-hydrogen) atoms. The summed E-state index contributed by atoms with van der Waals surface area (Å²) in [5, 5.41) is 8.78. The standard InChI is InChI=1S/C12H6F3N3S/c13-12(14,15)9-5-10(7-1-3-17-4-2-7)18-11(19)8(9)6-16/h1-5H,(H,18,19). The van der Waals surface area contributed by atoms with E-state index < -0.39 is 17.3 Å². The van der Waals surface area contributed by atoms with E-state index >= 15 is 0 Å². The maximum Gasteiger partial charge on any atom is 0.417 e. The number of nitriles is 1. The maximum absolute atomic E-state index is 12.9. The fourth-order valence-corrected chi connectivity index (χ4v) is 1.85. The van der Waals surface area contributed by atoms with E-state index in [1.54, 1.807) is 12.1 Å². The lowest BCUT2D eigenvalue weighted by atomic mass is 10.1. The SMILES string of the molecule is N#Cc1c(C(F)(F)F)cc(-c2ccncc2)[nH]c1=S. The van der Waals surface area contributed by atoms with Crippen LogP contribution in [0.4, 0.5) is 13.2 Å². The minimum atomic E-state index is -4.63. The number of pyridine rings is 2. The summed E-state index contributed by atoms with van der Waals surface area (Å²) in [5.41, 5.74) is -0.902. The van der Waals surface area contributed by atoms with Gasteiger partial charge in [0.1, 0.15) is 10.7 Å². The van der Waals surface area contributed by atoms with Crippen LogP contribution in [0.1, 0.15) is 11.1 Å². The number of aromatic nitrogens is 2. The van der Waals surface area contributed by atoms with Crippen LogP contribution in [0.3, 0.4) is 0 Å². The second-order valence-corrected chi connectivity index (χ2v) is 4.05. The first-order valence-electron chi connectivity index (χ1n) is 5.08. The van der Waals surface area contributed by atoms with Crippen LogP contribution in [0.25, 0.3) is 11.3 Å². The monoisotopic (exact) mass is 281 g/mol. The highest BCUT2D eigenvalue weighted by Gasteiger charge is 2.34. The summed E-state index contributed by atoms with van der Waals surface area (Å²) < 4.78 is 38.4. The van der Waals surface area contributed by atoms with Crippen LogP contribution in [0.5, 0.6) is 0 Å². The third-order valence-electron chi connectivity index (χ3n) is 2.44. The molecule has 3 nitrogen and oxygen atoms in total. The second kappa shape index (κ2) is 4.82. The first-order chi connectivity index (χ1) is 8.93. The molecule has 0 spiro atoms. The quantitative estimate of drug-likeness (QED) is 0.811. The van der Waals surface area contributed by atoms with Gasteiger partial charge in [0.2, 0.25) is 0 Å². The molecule has 0 saturated heterocycles. The molecule has 7 heteroatoms. The Morgan fingerprint density at radius 3 is 2.42 bits per heavy atom. The molecule has 0 aliphatic rings. The van der Waals surface area contributed by atoms with Crippen LogP contribution < -0.4 is 0 Å². The van der Waals surface area contributed by atoms with Crippen molar-refractivity contribution in [3.63, 3.8) is 0 Å². The topological polar surface area (TPSA) is 52.5 Å². The molecule has 0 aliphatic carbocycles.